The molecule has 0 radical (unpaired) electrons. The molecule has 7 heteroatoms. The van der Waals surface area contributed by atoms with Crippen molar-refractivity contribution in [1.82, 2.24) is 5.32 Å². The number of carbonyl (C=O) groups is 2. The number of aromatic carboxylic acids is 1. The lowest BCUT2D eigenvalue weighted by Crippen LogP contribution is -2.22. The van der Waals surface area contributed by atoms with Gasteiger partial charge in [0.05, 0.1) is 13.7 Å². The number of furan rings is 1. The van der Waals surface area contributed by atoms with Crippen LogP contribution in [0.15, 0.2) is 34.7 Å². The van der Waals surface area contributed by atoms with E-state index in [4.69, 9.17) is 19.0 Å². The molecule has 2 rings (SSSR count). The van der Waals surface area contributed by atoms with Crippen LogP contribution in [0.25, 0.3) is 0 Å². The summed E-state index contributed by atoms with van der Waals surface area (Å²) in [5, 5.41) is 11.5. The Morgan fingerprint density at radius 2 is 1.92 bits per heavy atom. The second-order valence-corrected chi connectivity index (χ2v) is 5.34. The van der Waals surface area contributed by atoms with Crippen LogP contribution in [0, 0.1) is 0 Å². The molecule has 25 heavy (non-hydrogen) atoms. The minimum Gasteiger partial charge on any atom is -0.493 e. The van der Waals surface area contributed by atoms with Crippen molar-refractivity contribution in [3.05, 3.63) is 47.4 Å². The molecule has 0 aliphatic heterocycles. The third-order valence-electron chi connectivity index (χ3n) is 3.48. The zero-order valence-corrected chi connectivity index (χ0v) is 14.2. The lowest BCUT2D eigenvalue weighted by molar-refractivity contribution is 0.0659. The van der Waals surface area contributed by atoms with Gasteiger partial charge in [-0.3, -0.25) is 4.79 Å². The van der Waals surface area contributed by atoms with E-state index >= 15 is 0 Å². The number of amides is 1. The molecular weight excluding hydrogens is 326 g/mol. The fourth-order valence-electron chi connectivity index (χ4n) is 2.11. The number of nitrogens with one attached hydrogen (secondary N) is 1. The second kappa shape index (κ2) is 8.77. The van der Waals surface area contributed by atoms with Gasteiger partial charge in [0.2, 0.25) is 5.76 Å². The molecule has 0 saturated heterocycles. The van der Waals surface area contributed by atoms with Crippen LogP contribution in [0.3, 0.4) is 0 Å². The Bertz CT molecular complexity index is 737. The van der Waals surface area contributed by atoms with Gasteiger partial charge < -0.3 is 24.3 Å². The Morgan fingerprint density at radius 3 is 2.56 bits per heavy atom. The van der Waals surface area contributed by atoms with Crippen LogP contribution >= 0.6 is 0 Å². The van der Waals surface area contributed by atoms with Crippen LogP contribution in [0.5, 0.6) is 11.5 Å². The first-order chi connectivity index (χ1) is 12.0. The van der Waals surface area contributed by atoms with Crippen LogP contribution in [-0.4, -0.2) is 30.7 Å². The van der Waals surface area contributed by atoms with Gasteiger partial charge in [-0.25, -0.2) is 4.79 Å². The third-order valence-corrected chi connectivity index (χ3v) is 3.48. The van der Waals surface area contributed by atoms with Crippen LogP contribution < -0.4 is 14.8 Å². The first-order valence-corrected chi connectivity index (χ1v) is 7.96. The summed E-state index contributed by atoms with van der Waals surface area (Å²) in [6, 6.07) is 7.97. The number of carbonyl (C=O) groups excluding carboxylic acids is 1. The molecule has 1 amide bonds. The molecule has 2 aromatic rings. The maximum absolute atomic E-state index is 12.0. The van der Waals surface area contributed by atoms with E-state index in [-0.39, 0.29) is 18.1 Å². The predicted molar refractivity (Wildman–Crippen MR) is 90.2 cm³/mol. The smallest absolute Gasteiger partial charge is 0.371 e. The Balaban J connectivity index is 1.97. The molecule has 1 aromatic heterocycles. The van der Waals surface area contributed by atoms with E-state index in [0.717, 1.165) is 18.4 Å². The van der Waals surface area contributed by atoms with E-state index in [2.05, 4.69) is 12.2 Å². The van der Waals surface area contributed by atoms with Crippen molar-refractivity contribution in [3.63, 3.8) is 0 Å². The molecule has 0 atom stereocenters. The number of methoxy groups -OCH3 is 1. The van der Waals surface area contributed by atoms with Gasteiger partial charge >= 0.3 is 5.97 Å². The van der Waals surface area contributed by atoms with Crippen molar-refractivity contribution in [3.8, 4) is 11.5 Å². The van der Waals surface area contributed by atoms with E-state index in [1.165, 1.54) is 12.1 Å². The average Bonchev–Trinajstić information content (AvgIpc) is 3.11. The minimum atomic E-state index is -1.22. The van der Waals surface area contributed by atoms with Crippen molar-refractivity contribution < 1.29 is 28.6 Å². The molecule has 0 spiro atoms. The molecule has 2 N–H and O–H groups in total. The summed E-state index contributed by atoms with van der Waals surface area (Å²) in [7, 11) is 1.56. The Labute approximate surface area is 145 Å². The first kappa shape index (κ1) is 18.4. The topological polar surface area (TPSA) is 98.0 Å². The molecular formula is C18H21NO6. The number of hydrogen-bond acceptors (Lipinski definition) is 5. The summed E-state index contributed by atoms with van der Waals surface area (Å²) in [5.74, 6) is -0.793. The maximum atomic E-state index is 12.0. The molecule has 0 bridgehead atoms. The van der Waals surface area contributed by atoms with Crippen molar-refractivity contribution in [2.45, 2.75) is 26.3 Å². The quantitative estimate of drug-likeness (QED) is 0.677. The number of hydrogen-bond donors (Lipinski definition) is 2. The highest BCUT2D eigenvalue weighted by Gasteiger charge is 2.15. The summed E-state index contributed by atoms with van der Waals surface area (Å²) in [4.78, 5) is 22.8. The lowest BCUT2D eigenvalue weighted by Gasteiger charge is -2.12. The molecule has 0 aliphatic carbocycles. The molecule has 0 fully saturated rings. The van der Waals surface area contributed by atoms with Gasteiger partial charge in [-0.05, 0) is 36.2 Å². The molecule has 0 aliphatic rings. The van der Waals surface area contributed by atoms with Gasteiger partial charge in [-0.15, -0.1) is 0 Å². The Kier molecular flexibility index (Phi) is 6.45. The van der Waals surface area contributed by atoms with Gasteiger partial charge in [-0.2, -0.15) is 0 Å². The van der Waals surface area contributed by atoms with E-state index < -0.39 is 11.9 Å². The van der Waals surface area contributed by atoms with Crippen molar-refractivity contribution in [1.29, 1.82) is 0 Å². The first-order valence-electron chi connectivity index (χ1n) is 7.96. The van der Waals surface area contributed by atoms with Gasteiger partial charge in [0, 0.05) is 6.54 Å². The summed E-state index contributed by atoms with van der Waals surface area (Å²) < 4.78 is 15.9. The van der Waals surface area contributed by atoms with Crippen LogP contribution in [-0.2, 0) is 6.54 Å². The number of benzene rings is 1. The fraction of sp³-hybridized carbons (Fsp3) is 0.333. The van der Waals surface area contributed by atoms with Gasteiger partial charge in [0.15, 0.2) is 17.3 Å². The number of rotatable bonds is 9. The highest BCUT2D eigenvalue weighted by atomic mass is 16.5. The molecule has 1 aromatic carbocycles. The number of unbranched alkanes of at least 4 members (excludes halogenated alkanes) is 1. The van der Waals surface area contributed by atoms with E-state index in [1.807, 2.05) is 6.07 Å². The van der Waals surface area contributed by atoms with Crippen molar-refractivity contribution in [2.24, 2.45) is 0 Å². The monoisotopic (exact) mass is 347 g/mol. The standard InChI is InChI=1S/C18H21NO6/c1-3-4-9-24-13-6-5-12(10-16(13)23-2)11-19-17(20)14-7-8-15(25-14)18(21)22/h5-8,10H,3-4,9,11H2,1-2H3,(H,19,20)(H,21,22). The number of carboxylic acid groups (broad SMARTS) is 1. The third kappa shape index (κ3) is 5.00. The minimum absolute atomic E-state index is 0.0520. The number of ether oxygens (including phenoxy) is 2. The van der Waals surface area contributed by atoms with E-state index in [9.17, 15) is 9.59 Å². The lowest BCUT2D eigenvalue weighted by atomic mass is 10.2. The average molecular weight is 347 g/mol. The summed E-state index contributed by atoms with van der Waals surface area (Å²) in [6.07, 6.45) is 2.01. The Morgan fingerprint density at radius 1 is 1.16 bits per heavy atom. The summed E-state index contributed by atoms with van der Waals surface area (Å²) >= 11 is 0. The molecule has 134 valence electrons. The van der Waals surface area contributed by atoms with Crippen molar-refractivity contribution >= 4 is 11.9 Å². The summed E-state index contributed by atoms with van der Waals surface area (Å²) in [6.45, 7) is 2.95. The summed E-state index contributed by atoms with van der Waals surface area (Å²) in [5.41, 5.74) is 0.818. The molecule has 0 saturated carbocycles. The molecule has 7 nitrogen and oxygen atoms in total. The normalized spacial score (nSPS) is 10.3. The SMILES string of the molecule is CCCCOc1ccc(CNC(=O)c2ccc(C(=O)O)o2)cc1OC. The molecule has 1 heterocycles. The van der Waals surface area contributed by atoms with Gasteiger partial charge in [0.25, 0.3) is 5.91 Å². The van der Waals surface area contributed by atoms with Crippen molar-refractivity contribution in [2.75, 3.05) is 13.7 Å². The second-order valence-electron chi connectivity index (χ2n) is 5.34. The van der Waals surface area contributed by atoms with Crippen LogP contribution in [0.4, 0.5) is 0 Å². The highest BCUT2D eigenvalue weighted by molar-refractivity contribution is 5.93. The fourth-order valence-corrected chi connectivity index (χ4v) is 2.11. The van der Waals surface area contributed by atoms with E-state index in [1.54, 1.807) is 19.2 Å². The molecule has 0 unspecified atom stereocenters. The maximum Gasteiger partial charge on any atom is 0.371 e. The largest absolute Gasteiger partial charge is 0.493 e. The van der Waals surface area contributed by atoms with Gasteiger partial charge in [-0.1, -0.05) is 19.4 Å². The Hall–Kier alpha value is -2.96. The van der Waals surface area contributed by atoms with Crippen LogP contribution in [0.2, 0.25) is 0 Å². The number of carboxylic acids is 1. The predicted octanol–water partition coefficient (Wildman–Crippen LogP) is 3.10. The zero-order chi connectivity index (χ0) is 18.2. The van der Waals surface area contributed by atoms with Crippen LogP contribution in [0.1, 0.15) is 46.4 Å². The zero-order valence-electron chi connectivity index (χ0n) is 14.2. The van der Waals surface area contributed by atoms with E-state index in [0.29, 0.717) is 18.1 Å². The van der Waals surface area contributed by atoms with Gasteiger partial charge in [0.1, 0.15) is 0 Å². The highest BCUT2D eigenvalue weighted by Crippen LogP contribution is 2.28.